The highest BCUT2D eigenvalue weighted by Gasteiger charge is 2.38. The number of rotatable bonds is 4. The first-order chi connectivity index (χ1) is 13.5. The fourth-order valence-electron chi connectivity index (χ4n) is 3.05. The molecule has 0 aliphatic rings. The van der Waals surface area contributed by atoms with Crippen LogP contribution in [0.5, 0.6) is 0 Å². The van der Waals surface area contributed by atoms with Crippen LogP contribution in [0.25, 0.3) is 11.0 Å². The number of amides is 1. The first-order valence-corrected chi connectivity index (χ1v) is 8.92. The average molecular weight is 407 g/mol. The zero-order chi connectivity index (χ0) is 21.5. The van der Waals surface area contributed by atoms with Crippen molar-refractivity contribution < 1.29 is 22.4 Å². The van der Waals surface area contributed by atoms with Crippen molar-refractivity contribution in [1.29, 1.82) is 0 Å². The third kappa shape index (κ3) is 4.03. The van der Waals surface area contributed by atoms with E-state index in [1.54, 1.807) is 39.0 Å². The lowest BCUT2D eigenvalue weighted by Crippen LogP contribution is -2.39. The van der Waals surface area contributed by atoms with E-state index < -0.39 is 29.4 Å². The predicted molar refractivity (Wildman–Crippen MR) is 100 cm³/mol. The number of fused-ring (bicyclic) bond motifs is 1. The third-order valence-electron chi connectivity index (χ3n) is 4.77. The molecule has 0 saturated carbocycles. The van der Waals surface area contributed by atoms with Crippen molar-refractivity contribution in [3.05, 3.63) is 63.0 Å². The van der Waals surface area contributed by atoms with Crippen LogP contribution in [0.1, 0.15) is 41.3 Å². The summed E-state index contributed by atoms with van der Waals surface area (Å²) in [4.78, 5) is 28.8. The maximum Gasteiger partial charge on any atom is 0.438 e. The van der Waals surface area contributed by atoms with Gasteiger partial charge in [0, 0.05) is 0 Å². The SMILES string of the molecule is Cc1ccc(CNC(=O)[C@H](C)n2c(=O)c(C(F)(F)F)nc3cc(C)c(C)cc32)o1. The van der Waals surface area contributed by atoms with Crippen LogP contribution in [0.15, 0.2) is 33.5 Å². The van der Waals surface area contributed by atoms with Crippen LogP contribution >= 0.6 is 0 Å². The molecule has 0 fully saturated rings. The molecule has 1 amide bonds. The maximum atomic E-state index is 13.4. The van der Waals surface area contributed by atoms with Gasteiger partial charge >= 0.3 is 6.18 Å². The number of alkyl halides is 3. The number of hydrogen-bond acceptors (Lipinski definition) is 4. The number of hydrogen-bond donors (Lipinski definition) is 1. The molecule has 1 aromatic carbocycles. The van der Waals surface area contributed by atoms with Gasteiger partial charge in [-0.15, -0.1) is 0 Å². The maximum absolute atomic E-state index is 13.4. The van der Waals surface area contributed by atoms with Crippen molar-refractivity contribution in [3.8, 4) is 0 Å². The van der Waals surface area contributed by atoms with Crippen molar-refractivity contribution in [3.63, 3.8) is 0 Å². The van der Waals surface area contributed by atoms with Gasteiger partial charge in [-0.05, 0) is 63.1 Å². The van der Waals surface area contributed by atoms with Crippen molar-refractivity contribution in [2.75, 3.05) is 0 Å². The zero-order valence-corrected chi connectivity index (χ0v) is 16.3. The number of aryl methyl sites for hydroxylation is 3. The number of nitrogens with zero attached hydrogens (tertiary/aromatic N) is 2. The van der Waals surface area contributed by atoms with Crippen molar-refractivity contribution in [2.45, 2.75) is 46.5 Å². The lowest BCUT2D eigenvalue weighted by Gasteiger charge is -2.20. The van der Waals surface area contributed by atoms with Crippen molar-refractivity contribution >= 4 is 16.9 Å². The summed E-state index contributed by atoms with van der Waals surface area (Å²) in [5.41, 5.74) is -1.23. The number of aromatic nitrogens is 2. The molecule has 3 aromatic rings. The molecule has 9 heteroatoms. The minimum Gasteiger partial charge on any atom is -0.465 e. The van der Waals surface area contributed by atoms with Crippen LogP contribution in [-0.4, -0.2) is 15.5 Å². The summed E-state index contributed by atoms with van der Waals surface area (Å²) in [5.74, 6) is 0.553. The van der Waals surface area contributed by atoms with Gasteiger partial charge in [0.15, 0.2) is 0 Å². The summed E-state index contributed by atoms with van der Waals surface area (Å²) < 4.78 is 46.4. The average Bonchev–Trinajstić information content (AvgIpc) is 3.04. The number of carbonyl (C=O) groups is 1. The van der Waals surface area contributed by atoms with Gasteiger partial charge in [-0.1, -0.05) is 0 Å². The zero-order valence-electron chi connectivity index (χ0n) is 16.3. The fourth-order valence-corrected chi connectivity index (χ4v) is 3.05. The highest BCUT2D eigenvalue weighted by Crippen LogP contribution is 2.28. The van der Waals surface area contributed by atoms with Crippen LogP contribution in [-0.2, 0) is 17.5 Å². The molecule has 1 atom stereocenters. The molecule has 3 rings (SSSR count). The summed E-state index contributed by atoms with van der Waals surface area (Å²) >= 11 is 0. The fraction of sp³-hybridized carbons (Fsp3) is 0.350. The van der Waals surface area contributed by atoms with E-state index in [1.165, 1.54) is 13.0 Å². The van der Waals surface area contributed by atoms with Crippen LogP contribution in [0.3, 0.4) is 0 Å². The Bertz CT molecular complexity index is 1150. The Balaban J connectivity index is 2.08. The highest BCUT2D eigenvalue weighted by atomic mass is 19.4. The minimum absolute atomic E-state index is 0.00124. The van der Waals surface area contributed by atoms with Crippen molar-refractivity contribution in [2.24, 2.45) is 0 Å². The largest absolute Gasteiger partial charge is 0.465 e. The summed E-state index contributed by atoms with van der Waals surface area (Å²) in [7, 11) is 0. The molecular formula is C20H20F3N3O3. The lowest BCUT2D eigenvalue weighted by molar-refractivity contribution is -0.142. The molecule has 1 N–H and O–H groups in total. The molecule has 0 unspecified atom stereocenters. The van der Waals surface area contributed by atoms with Gasteiger partial charge in [-0.25, -0.2) is 4.98 Å². The van der Waals surface area contributed by atoms with Crippen LogP contribution < -0.4 is 10.9 Å². The van der Waals surface area contributed by atoms with Gasteiger partial charge < -0.3 is 9.73 Å². The monoisotopic (exact) mass is 407 g/mol. The number of carbonyl (C=O) groups excluding carboxylic acids is 1. The Hall–Kier alpha value is -3.10. The highest BCUT2D eigenvalue weighted by molar-refractivity contribution is 5.84. The first-order valence-electron chi connectivity index (χ1n) is 8.92. The second kappa shape index (κ2) is 7.38. The first kappa shape index (κ1) is 20.6. The standard InChI is InChI=1S/C20H20F3N3O3/c1-10-7-15-16(8-11(10)2)26(19(28)17(25-15)20(21,22)23)13(4)18(27)24-9-14-6-5-12(3)29-14/h5-8,13H,9H2,1-4H3,(H,24,27)/t13-/m0/s1. The molecule has 0 bridgehead atoms. The van der Waals surface area contributed by atoms with Gasteiger partial charge in [-0.3, -0.25) is 14.2 Å². The van der Waals surface area contributed by atoms with Crippen molar-refractivity contribution in [1.82, 2.24) is 14.9 Å². The number of furan rings is 1. The number of nitrogens with one attached hydrogen (secondary N) is 1. The predicted octanol–water partition coefficient (Wildman–Crippen LogP) is 3.81. The van der Waals surface area contributed by atoms with E-state index in [9.17, 15) is 22.8 Å². The third-order valence-corrected chi connectivity index (χ3v) is 4.77. The Labute approximate surface area is 164 Å². The Morgan fingerprint density at radius 3 is 2.45 bits per heavy atom. The second-order valence-electron chi connectivity index (χ2n) is 6.96. The summed E-state index contributed by atoms with van der Waals surface area (Å²) in [6.07, 6.45) is -4.94. The molecule has 0 aliphatic heterocycles. The Morgan fingerprint density at radius 2 is 1.86 bits per heavy atom. The summed E-state index contributed by atoms with van der Waals surface area (Å²) in [5, 5.41) is 2.59. The van der Waals surface area contributed by atoms with Gasteiger partial charge in [-0.2, -0.15) is 13.2 Å². The van der Waals surface area contributed by atoms with Crippen LogP contribution in [0, 0.1) is 20.8 Å². The molecule has 0 spiro atoms. The smallest absolute Gasteiger partial charge is 0.438 e. The molecule has 154 valence electrons. The van der Waals surface area contributed by atoms with E-state index in [4.69, 9.17) is 4.42 Å². The van der Waals surface area contributed by atoms with E-state index in [1.807, 2.05) is 0 Å². The summed E-state index contributed by atoms with van der Waals surface area (Å²) in [6.45, 7) is 6.68. The summed E-state index contributed by atoms with van der Waals surface area (Å²) in [6, 6.07) is 5.27. The van der Waals surface area contributed by atoms with Crippen LogP contribution in [0.4, 0.5) is 13.2 Å². The van der Waals surface area contributed by atoms with E-state index in [2.05, 4.69) is 10.3 Å². The Kier molecular flexibility index (Phi) is 5.25. The number of halogens is 3. The van der Waals surface area contributed by atoms with Crippen LogP contribution in [0.2, 0.25) is 0 Å². The van der Waals surface area contributed by atoms with E-state index in [0.717, 1.165) is 15.7 Å². The van der Waals surface area contributed by atoms with E-state index in [-0.39, 0.29) is 17.6 Å². The molecule has 6 nitrogen and oxygen atoms in total. The van der Waals surface area contributed by atoms with E-state index >= 15 is 0 Å². The topological polar surface area (TPSA) is 77.1 Å². The lowest BCUT2D eigenvalue weighted by atomic mass is 10.1. The quantitative estimate of drug-likeness (QED) is 0.714. The minimum atomic E-state index is -4.94. The molecule has 0 saturated heterocycles. The molecule has 2 aromatic heterocycles. The number of benzene rings is 1. The van der Waals surface area contributed by atoms with E-state index in [0.29, 0.717) is 11.5 Å². The van der Waals surface area contributed by atoms with Gasteiger partial charge in [0.2, 0.25) is 11.6 Å². The second-order valence-corrected chi connectivity index (χ2v) is 6.96. The molecular weight excluding hydrogens is 387 g/mol. The molecule has 0 radical (unpaired) electrons. The molecule has 2 heterocycles. The van der Waals surface area contributed by atoms with Gasteiger partial charge in [0.25, 0.3) is 5.56 Å². The normalized spacial score (nSPS) is 12.9. The molecule has 29 heavy (non-hydrogen) atoms. The van der Waals surface area contributed by atoms with Gasteiger partial charge in [0.05, 0.1) is 17.6 Å². The Morgan fingerprint density at radius 1 is 1.21 bits per heavy atom. The van der Waals surface area contributed by atoms with Gasteiger partial charge in [0.1, 0.15) is 17.6 Å². The molecule has 0 aliphatic carbocycles.